The van der Waals surface area contributed by atoms with Gasteiger partial charge in [-0.1, -0.05) is 93.6 Å². The molecule has 3 aromatic rings. The number of rotatable bonds is 4. The van der Waals surface area contributed by atoms with Gasteiger partial charge in [-0.15, -0.1) is 0 Å². The third-order valence-electron chi connectivity index (χ3n) is 4.97. The van der Waals surface area contributed by atoms with Crippen molar-refractivity contribution in [1.82, 2.24) is 0 Å². The number of carbonyl (C=O) groups excluding carboxylic acids is 1. The van der Waals surface area contributed by atoms with Crippen LogP contribution in [0.4, 0.5) is 4.39 Å². The van der Waals surface area contributed by atoms with Crippen molar-refractivity contribution in [3.8, 4) is 0 Å². The van der Waals surface area contributed by atoms with Crippen molar-refractivity contribution in [2.75, 3.05) is 0 Å². The summed E-state index contributed by atoms with van der Waals surface area (Å²) in [5, 5.41) is 1.85. The second-order valence-electron chi connectivity index (χ2n) is 7.57. The highest BCUT2D eigenvalue weighted by Gasteiger charge is 2.54. The Labute approximate surface area is 155 Å². The summed E-state index contributed by atoms with van der Waals surface area (Å²) in [5.74, 6) is -0.381. The third kappa shape index (κ3) is 3.03. The molecule has 26 heavy (non-hydrogen) atoms. The van der Waals surface area contributed by atoms with Crippen LogP contribution >= 0.6 is 0 Å². The molecule has 0 bridgehead atoms. The van der Waals surface area contributed by atoms with E-state index in [9.17, 15) is 9.18 Å². The minimum atomic E-state index is -2.92. The van der Waals surface area contributed by atoms with E-state index in [4.69, 9.17) is 0 Å². The summed E-state index contributed by atoms with van der Waals surface area (Å²) in [6.45, 7) is 6.36. The summed E-state index contributed by atoms with van der Waals surface area (Å²) in [4.78, 5) is 14.0. The van der Waals surface area contributed by atoms with Crippen LogP contribution < -0.4 is 10.4 Å². The normalized spacial score (nSPS) is 12.0. The predicted octanol–water partition coefficient (Wildman–Crippen LogP) is 4.61. The van der Waals surface area contributed by atoms with Crippen LogP contribution in [0.2, 0.25) is 5.04 Å². The first-order chi connectivity index (χ1) is 12.4. The molecule has 3 heteroatoms. The molecular weight excluding hydrogens is 339 g/mol. The highest BCUT2D eigenvalue weighted by molar-refractivity contribution is 7.25. The topological polar surface area (TPSA) is 17.1 Å². The van der Waals surface area contributed by atoms with Crippen LogP contribution in [-0.2, 0) is 0 Å². The van der Waals surface area contributed by atoms with E-state index in [-0.39, 0.29) is 16.3 Å². The first kappa shape index (κ1) is 18.3. The highest BCUT2D eigenvalue weighted by Crippen LogP contribution is 2.38. The zero-order valence-corrected chi connectivity index (χ0v) is 16.4. The van der Waals surface area contributed by atoms with Crippen LogP contribution in [0.15, 0.2) is 84.9 Å². The zero-order valence-electron chi connectivity index (χ0n) is 15.4. The molecule has 0 N–H and O–H groups in total. The van der Waals surface area contributed by atoms with E-state index in [0.29, 0.717) is 5.56 Å². The molecule has 0 fully saturated rings. The van der Waals surface area contributed by atoms with Gasteiger partial charge in [0.1, 0.15) is 5.82 Å². The summed E-state index contributed by atoms with van der Waals surface area (Å²) >= 11 is 0. The summed E-state index contributed by atoms with van der Waals surface area (Å²) in [6.07, 6.45) is 0. The molecule has 0 atom stereocenters. The monoisotopic (exact) mass is 362 g/mol. The van der Waals surface area contributed by atoms with Gasteiger partial charge in [0, 0.05) is 5.56 Å². The average molecular weight is 363 g/mol. The van der Waals surface area contributed by atoms with E-state index in [0.717, 1.165) is 10.4 Å². The van der Waals surface area contributed by atoms with E-state index in [1.807, 2.05) is 60.7 Å². The fourth-order valence-corrected chi connectivity index (χ4v) is 9.10. The standard InChI is InChI=1S/C23H23FOSi/c1-23(2,3)26(20-13-6-4-7-14-20,21-15-8-5-9-16-21)22(25)18-11-10-12-19(24)17-18/h4-17H,1-3H3. The number of hydrogen-bond donors (Lipinski definition) is 0. The Morgan fingerprint density at radius 3 is 1.69 bits per heavy atom. The van der Waals surface area contributed by atoms with Crippen LogP contribution in [0.25, 0.3) is 0 Å². The Balaban J connectivity index is 2.36. The smallest absolute Gasteiger partial charge is 0.205 e. The van der Waals surface area contributed by atoms with Crippen LogP contribution in [0.3, 0.4) is 0 Å². The SMILES string of the molecule is CC(C)(C)[Si](C(=O)c1cccc(F)c1)(c1ccccc1)c1ccccc1. The average Bonchev–Trinajstić information content (AvgIpc) is 2.63. The lowest BCUT2D eigenvalue weighted by molar-refractivity contribution is 0.106. The van der Waals surface area contributed by atoms with Crippen LogP contribution in [0.5, 0.6) is 0 Å². The maximum absolute atomic E-state index is 14.0. The minimum absolute atomic E-state index is 0.0434. The van der Waals surface area contributed by atoms with E-state index >= 15 is 0 Å². The second-order valence-corrected chi connectivity index (χ2v) is 12.2. The molecule has 132 valence electrons. The Bertz CT molecular complexity index is 859. The lowest BCUT2D eigenvalue weighted by Crippen LogP contribution is -2.70. The quantitative estimate of drug-likeness (QED) is 0.620. The maximum atomic E-state index is 14.0. The molecule has 0 aliphatic heterocycles. The van der Waals surface area contributed by atoms with Crippen molar-refractivity contribution in [2.45, 2.75) is 25.8 Å². The fraction of sp³-hybridized carbons (Fsp3) is 0.174. The third-order valence-corrected chi connectivity index (χ3v) is 10.6. The molecule has 3 aromatic carbocycles. The number of hydrogen-bond acceptors (Lipinski definition) is 1. The number of halogens is 1. The first-order valence-electron chi connectivity index (χ1n) is 8.79. The molecule has 0 aliphatic rings. The molecular formula is C23H23FOSi. The molecule has 0 amide bonds. The van der Waals surface area contributed by atoms with Gasteiger partial charge in [0.05, 0.1) is 0 Å². The van der Waals surface area contributed by atoms with Crippen molar-refractivity contribution in [2.24, 2.45) is 0 Å². The van der Waals surface area contributed by atoms with Gasteiger partial charge in [0.15, 0.2) is 5.41 Å². The lowest BCUT2D eigenvalue weighted by atomic mass is 10.2. The van der Waals surface area contributed by atoms with Gasteiger partial charge in [-0.2, -0.15) is 0 Å². The Hall–Kier alpha value is -2.52. The van der Waals surface area contributed by atoms with Gasteiger partial charge < -0.3 is 0 Å². The molecule has 0 saturated heterocycles. The predicted molar refractivity (Wildman–Crippen MR) is 108 cm³/mol. The molecule has 0 radical (unpaired) electrons. The van der Waals surface area contributed by atoms with Crippen molar-refractivity contribution >= 4 is 23.9 Å². The van der Waals surface area contributed by atoms with E-state index < -0.39 is 8.07 Å². The van der Waals surface area contributed by atoms with Crippen molar-refractivity contribution in [3.63, 3.8) is 0 Å². The number of carbonyl (C=O) groups is 1. The van der Waals surface area contributed by atoms with E-state index in [1.165, 1.54) is 12.1 Å². The van der Waals surface area contributed by atoms with E-state index in [1.54, 1.807) is 12.1 Å². The van der Waals surface area contributed by atoms with Crippen molar-refractivity contribution < 1.29 is 9.18 Å². The summed E-state index contributed by atoms with van der Waals surface area (Å²) in [5.41, 5.74) is 0.444. The molecule has 0 heterocycles. The lowest BCUT2D eigenvalue weighted by Gasteiger charge is -2.42. The first-order valence-corrected chi connectivity index (χ1v) is 10.8. The van der Waals surface area contributed by atoms with Crippen LogP contribution in [-0.4, -0.2) is 13.5 Å². The highest BCUT2D eigenvalue weighted by atomic mass is 28.3. The Morgan fingerprint density at radius 2 is 1.27 bits per heavy atom. The summed E-state index contributed by atoms with van der Waals surface area (Å²) in [7, 11) is -2.92. The molecule has 0 spiro atoms. The van der Waals surface area contributed by atoms with E-state index in [2.05, 4.69) is 20.8 Å². The molecule has 0 aromatic heterocycles. The zero-order chi connectivity index (χ0) is 18.8. The molecule has 3 rings (SSSR count). The van der Waals surface area contributed by atoms with Gasteiger partial charge in [0.2, 0.25) is 8.07 Å². The molecule has 1 nitrogen and oxygen atoms in total. The van der Waals surface area contributed by atoms with Crippen molar-refractivity contribution in [1.29, 1.82) is 0 Å². The van der Waals surface area contributed by atoms with Crippen LogP contribution in [0, 0.1) is 5.82 Å². The second kappa shape index (κ2) is 7.00. The molecule has 0 saturated carbocycles. The summed E-state index contributed by atoms with van der Waals surface area (Å²) < 4.78 is 13.9. The molecule has 0 aliphatic carbocycles. The van der Waals surface area contributed by atoms with Gasteiger partial charge in [-0.05, 0) is 27.5 Å². The van der Waals surface area contributed by atoms with Crippen molar-refractivity contribution in [3.05, 3.63) is 96.3 Å². The maximum Gasteiger partial charge on any atom is 0.205 e. The largest absolute Gasteiger partial charge is 0.299 e. The minimum Gasteiger partial charge on any atom is -0.299 e. The van der Waals surface area contributed by atoms with Gasteiger partial charge in [-0.25, -0.2) is 4.39 Å². The van der Waals surface area contributed by atoms with Gasteiger partial charge in [-0.3, -0.25) is 4.79 Å². The summed E-state index contributed by atoms with van der Waals surface area (Å²) in [6, 6.07) is 26.1. The number of benzene rings is 3. The van der Waals surface area contributed by atoms with Crippen LogP contribution in [0.1, 0.15) is 31.1 Å². The Kier molecular flexibility index (Phi) is 4.92. The molecule has 0 unspecified atom stereocenters. The van der Waals surface area contributed by atoms with Gasteiger partial charge in [0.25, 0.3) is 0 Å². The van der Waals surface area contributed by atoms with Gasteiger partial charge >= 0.3 is 0 Å². The fourth-order valence-electron chi connectivity index (χ4n) is 3.86. The Morgan fingerprint density at radius 1 is 0.769 bits per heavy atom.